The summed E-state index contributed by atoms with van der Waals surface area (Å²) in [5, 5.41) is 3.21. The second-order valence-electron chi connectivity index (χ2n) is 9.56. The molecule has 2 atom stereocenters. The van der Waals surface area contributed by atoms with Gasteiger partial charge in [0.15, 0.2) is 0 Å². The first kappa shape index (κ1) is 24.3. The first-order valence-electron chi connectivity index (χ1n) is 12.4. The Kier molecular flexibility index (Phi) is 7.23. The Labute approximate surface area is 215 Å². The highest BCUT2D eigenvalue weighted by atomic mass is 32.2. The number of nitrogens with zero attached hydrogens (tertiary/aromatic N) is 1. The van der Waals surface area contributed by atoms with Crippen molar-refractivity contribution in [3.63, 3.8) is 0 Å². The molecule has 1 heterocycles. The number of anilines is 1. The van der Waals surface area contributed by atoms with Crippen molar-refractivity contribution in [1.82, 2.24) is 5.32 Å². The van der Waals surface area contributed by atoms with Gasteiger partial charge in [0.25, 0.3) is 11.8 Å². The van der Waals surface area contributed by atoms with Crippen LogP contribution in [0.25, 0.3) is 6.08 Å². The minimum atomic E-state index is -0.319. The van der Waals surface area contributed by atoms with E-state index in [9.17, 15) is 14.0 Å². The van der Waals surface area contributed by atoms with Gasteiger partial charge in [0.05, 0.1) is 17.1 Å². The van der Waals surface area contributed by atoms with Crippen LogP contribution in [0.1, 0.15) is 54.1 Å². The molecule has 3 aromatic rings. The van der Waals surface area contributed by atoms with Gasteiger partial charge >= 0.3 is 0 Å². The Morgan fingerprint density at radius 3 is 2.56 bits per heavy atom. The first-order chi connectivity index (χ1) is 17.5. The fraction of sp³-hybridized carbons (Fsp3) is 0.267. The second kappa shape index (κ2) is 10.7. The summed E-state index contributed by atoms with van der Waals surface area (Å²) in [5.74, 6) is -0.112. The maximum Gasteiger partial charge on any atom is 0.265 e. The number of carbonyl (C=O) groups excluding carboxylic acids is 2. The van der Waals surface area contributed by atoms with E-state index in [1.54, 1.807) is 17.0 Å². The quantitative estimate of drug-likeness (QED) is 0.391. The number of halogens is 1. The van der Waals surface area contributed by atoms with E-state index in [1.807, 2.05) is 54.6 Å². The minimum Gasteiger partial charge on any atom is -0.349 e. The Balaban J connectivity index is 1.48. The molecule has 2 amide bonds. The summed E-state index contributed by atoms with van der Waals surface area (Å²) in [7, 11) is 0. The third-order valence-electron chi connectivity index (χ3n) is 6.97. The fourth-order valence-corrected chi connectivity index (χ4v) is 5.90. The first-order valence-corrected chi connectivity index (χ1v) is 13.3. The lowest BCUT2D eigenvalue weighted by Crippen LogP contribution is -2.41. The van der Waals surface area contributed by atoms with Crippen LogP contribution >= 0.6 is 11.8 Å². The fourth-order valence-electron chi connectivity index (χ4n) is 4.86. The van der Waals surface area contributed by atoms with Crippen LogP contribution in [-0.2, 0) is 11.3 Å². The molecule has 6 heteroatoms. The van der Waals surface area contributed by atoms with Gasteiger partial charge in [-0.15, -0.1) is 0 Å². The maximum absolute atomic E-state index is 13.7. The topological polar surface area (TPSA) is 49.4 Å². The number of thioether (sulfide) groups is 1. The highest BCUT2D eigenvalue weighted by Gasteiger charge is 2.31. The summed E-state index contributed by atoms with van der Waals surface area (Å²) >= 11 is 1.41. The molecule has 2 unspecified atom stereocenters. The van der Waals surface area contributed by atoms with E-state index in [1.165, 1.54) is 30.3 Å². The predicted molar refractivity (Wildman–Crippen MR) is 143 cm³/mol. The molecule has 0 bridgehead atoms. The van der Waals surface area contributed by atoms with Gasteiger partial charge in [0.2, 0.25) is 0 Å². The van der Waals surface area contributed by atoms with Crippen LogP contribution in [0, 0.1) is 11.7 Å². The van der Waals surface area contributed by atoms with Crippen molar-refractivity contribution in [2.75, 3.05) is 4.90 Å². The molecule has 4 nitrogen and oxygen atoms in total. The zero-order valence-electron chi connectivity index (χ0n) is 20.2. The molecule has 36 heavy (non-hydrogen) atoms. The molecule has 1 fully saturated rings. The molecule has 0 radical (unpaired) electrons. The Hall–Kier alpha value is -3.38. The van der Waals surface area contributed by atoms with Gasteiger partial charge in [0.1, 0.15) is 5.82 Å². The van der Waals surface area contributed by atoms with E-state index in [-0.39, 0.29) is 30.2 Å². The standard InChI is InChI=1S/C30H29FN2O2S/c1-20-7-5-6-10-25(20)32-29(34)23-13-16-27-26(18-23)33(19-22-11-14-24(31)15-12-22)30(35)28(36-27)17-21-8-3-2-4-9-21/h2-4,8-9,11-18,20,25H,5-7,10,19H2,1H3,(H,32,34). The molecule has 0 spiro atoms. The molecule has 1 saturated carbocycles. The van der Waals surface area contributed by atoms with Gasteiger partial charge < -0.3 is 10.2 Å². The van der Waals surface area contributed by atoms with Crippen LogP contribution in [-0.4, -0.2) is 17.9 Å². The van der Waals surface area contributed by atoms with Crippen molar-refractivity contribution in [2.45, 2.75) is 50.1 Å². The van der Waals surface area contributed by atoms with E-state index in [4.69, 9.17) is 0 Å². The number of fused-ring (bicyclic) bond motifs is 1. The maximum atomic E-state index is 13.7. The number of nitrogens with one attached hydrogen (secondary N) is 1. The van der Waals surface area contributed by atoms with Crippen molar-refractivity contribution in [3.05, 3.63) is 100 Å². The van der Waals surface area contributed by atoms with Gasteiger partial charge in [-0.05, 0) is 66.3 Å². The van der Waals surface area contributed by atoms with Gasteiger partial charge in [-0.25, -0.2) is 4.39 Å². The molecule has 1 aliphatic heterocycles. The molecule has 0 saturated heterocycles. The lowest BCUT2D eigenvalue weighted by Gasteiger charge is -2.32. The number of amides is 2. The third kappa shape index (κ3) is 5.39. The Morgan fingerprint density at radius 2 is 1.81 bits per heavy atom. The SMILES string of the molecule is CC1CCCCC1NC(=O)c1ccc2c(c1)N(Cc1ccc(F)cc1)C(=O)C(=Cc1ccccc1)S2. The zero-order chi connectivity index (χ0) is 25.1. The molecule has 0 aromatic heterocycles. The summed E-state index contributed by atoms with van der Waals surface area (Å²) in [4.78, 5) is 30.0. The molecular formula is C30H29FN2O2S. The summed E-state index contributed by atoms with van der Waals surface area (Å²) in [6, 6.07) is 21.6. The Bertz CT molecular complexity index is 1290. The van der Waals surface area contributed by atoms with Crippen molar-refractivity contribution in [2.24, 2.45) is 5.92 Å². The lowest BCUT2D eigenvalue weighted by molar-refractivity contribution is -0.114. The smallest absolute Gasteiger partial charge is 0.265 e. The minimum absolute atomic E-state index is 0.110. The van der Waals surface area contributed by atoms with Crippen LogP contribution in [0.3, 0.4) is 0 Å². The van der Waals surface area contributed by atoms with Gasteiger partial charge in [-0.1, -0.05) is 74.0 Å². The van der Waals surface area contributed by atoms with Crippen LogP contribution in [0.5, 0.6) is 0 Å². The van der Waals surface area contributed by atoms with Crippen molar-refractivity contribution in [3.8, 4) is 0 Å². The average molecular weight is 501 g/mol. The number of rotatable bonds is 5. The molecule has 3 aromatic carbocycles. The monoisotopic (exact) mass is 500 g/mol. The number of hydrogen-bond acceptors (Lipinski definition) is 3. The third-order valence-corrected chi connectivity index (χ3v) is 8.04. The van der Waals surface area contributed by atoms with E-state index in [0.717, 1.165) is 35.3 Å². The molecule has 1 aliphatic carbocycles. The summed E-state index contributed by atoms with van der Waals surface area (Å²) in [5.41, 5.74) is 2.99. The molecule has 2 aliphatic rings. The van der Waals surface area contributed by atoms with Gasteiger partial charge in [0, 0.05) is 16.5 Å². The van der Waals surface area contributed by atoms with E-state index >= 15 is 0 Å². The van der Waals surface area contributed by atoms with Gasteiger partial charge in [-0.3, -0.25) is 9.59 Å². The highest BCUT2D eigenvalue weighted by Crippen LogP contribution is 2.43. The lowest BCUT2D eigenvalue weighted by atomic mass is 9.86. The van der Waals surface area contributed by atoms with Gasteiger partial charge in [-0.2, -0.15) is 0 Å². The van der Waals surface area contributed by atoms with E-state index in [0.29, 0.717) is 22.1 Å². The van der Waals surface area contributed by atoms with Crippen molar-refractivity contribution >= 4 is 35.3 Å². The number of benzene rings is 3. The van der Waals surface area contributed by atoms with Crippen LogP contribution < -0.4 is 10.2 Å². The summed E-state index contributed by atoms with van der Waals surface area (Å²) < 4.78 is 13.5. The predicted octanol–water partition coefficient (Wildman–Crippen LogP) is 6.81. The van der Waals surface area contributed by atoms with Crippen LogP contribution in [0.15, 0.2) is 82.6 Å². The Morgan fingerprint density at radius 1 is 1.06 bits per heavy atom. The van der Waals surface area contributed by atoms with E-state index in [2.05, 4.69) is 12.2 Å². The second-order valence-corrected chi connectivity index (χ2v) is 10.6. The van der Waals surface area contributed by atoms with E-state index < -0.39 is 0 Å². The van der Waals surface area contributed by atoms with Crippen LogP contribution in [0.4, 0.5) is 10.1 Å². The highest BCUT2D eigenvalue weighted by molar-refractivity contribution is 8.04. The summed E-state index contributed by atoms with van der Waals surface area (Å²) in [6.45, 7) is 2.47. The molecule has 184 valence electrons. The molecule has 5 rings (SSSR count). The average Bonchev–Trinajstić information content (AvgIpc) is 2.89. The molecular weight excluding hydrogens is 471 g/mol. The zero-order valence-corrected chi connectivity index (χ0v) is 21.1. The van der Waals surface area contributed by atoms with Crippen molar-refractivity contribution < 1.29 is 14.0 Å². The molecule has 1 N–H and O–H groups in total. The number of carbonyl (C=O) groups is 2. The van der Waals surface area contributed by atoms with Crippen molar-refractivity contribution in [1.29, 1.82) is 0 Å². The summed E-state index contributed by atoms with van der Waals surface area (Å²) in [6.07, 6.45) is 6.35. The van der Waals surface area contributed by atoms with Crippen LogP contribution in [0.2, 0.25) is 0 Å². The number of hydrogen-bond donors (Lipinski definition) is 1. The largest absolute Gasteiger partial charge is 0.349 e. The normalized spacial score (nSPS) is 20.8.